The van der Waals surface area contributed by atoms with Crippen molar-refractivity contribution in [2.24, 2.45) is 0 Å². The molecular formula is C14H21NO4. The quantitative estimate of drug-likeness (QED) is 0.880. The summed E-state index contributed by atoms with van der Waals surface area (Å²) in [5.41, 5.74) is -0.102. The minimum Gasteiger partial charge on any atom is -0.495 e. The van der Waals surface area contributed by atoms with Gasteiger partial charge >= 0.3 is 0 Å². The Labute approximate surface area is 113 Å². The maximum atomic E-state index is 10.7. The van der Waals surface area contributed by atoms with Crippen LogP contribution in [-0.4, -0.2) is 42.6 Å². The molecule has 106 valence electrons. The number of hydrogen-bond acceptors (Lipinski definition) is 5. The van der Waals surface area contributed by atoms with E-state index >= 15 is 0 Å². The zero-order chi connectivity index (χ0) is 13.7. The number of aliphatic hydroxyl groups is 1. The van der Waals surface area contributed by atoms with E-state index < -0.39 is 11.7 Å². The number of methoxy groups -OCH3 is 1. The average molecular weight is 267 g/mol. The SMILES string of the molecule is CCOC1(C(O)c2ncccc2OC)CCOCC1. The fourth-order valence-electron chi connectivity index (χ4n) is 2.53. The van der Waals surface area contributed by atoms with Crippen LogP contribution in [0.5, 0.6) is 5.75 Å². The largest absolute Gasteiger partial charge is 0.495 e. The predicted molar refractivity (Wildman–Crippen MR) is 70.2 cm³/mol. The van der Waals surface area contributed by atoms with Gasteiger partial charge in [0.15, 0.2) is 0 Å². The van der Waals surface area contributed by atoms with Gasteiger partial charge in [-0.2, -0.15) is 0 Å². The van der Waals surface area contributed by atoms with Crippen LogP contribution in [0.25, 0.3) is 0 Å². The normalized spacial score (nSPS) is 19.9. The maximum Gasteiger partial charge on any atom is 0.143 e. The van der Waals surface area contributed by atoms with Crippen molar-refractivity contribution in [2.45, 2.75) is 31.5 Å². The molecule has 19 heavy (non-hydrogen) atoms. The molecule has 0 spiro atoms. The van der Waals surface area contributed by atoms with E-state index in [2.05, 4.69) is 4.98 Å². The van der Waals surface area contributed by atoms with Crippen molar-refractivity contribution in [3.63, 3.8) is 0 Å². The third-order valence-corrected chi connectivity index (χ3v) is 3.55. The van der Waals surface area contributed by atoms with Crippen molar-refractivity contribution < 1.29 is 19.3 Å². The third kappa shape index (κ3) is 2.88. The molecule has 2 heterocycles. The van der Waals surface area contributed by atoms with E-state index in [4.69, 9.17) is 14.2 Å². The molecule has 0 aliphatic carbocycles. The van der Waals surface area contributed by atoms with E-state index in [9.17, 15) is 5.11 Å². The van der Waals surface area contributed by atoms with Gasteiger partial charge in [-0.15, -0.1) is 0 Å². The third-order valence-electron chi connectivity index (χ3n) is 3.55. The number of rotatable bonds is 5. The Morgan fingerprint density at radius 3 is 2.84 bits per heavy atom. The number of hydrogen-bond donors (Lipinski definition) is 1. The second-order valence-corrected chi connectivity index (χ2v) is 4.60. The zero-order valence-electron chi connectivity index (χ0n) is 11.5. The maximum absolute atomic E-state index is 10.7. The Hall–Kier alpha value is -1.17. The lowest BCUT2D eigenvalue weighted by Gasteiger charge is -2.40. The number of ether oxygens (including phenoxy) is 3. The van der Waals surface area contributed by atoms with Crippen LogP contribution in [0, 0.1) is 0 Å². The summed E-state index contributed by atoms with van der Waals surface area (Å²) in [6, 6.07) is 3.58. The van der Waals surface area contributed by atoms with E-state index in [0.29, 0.717) is 44.1 Å². The first-order valence-corrected chi connectivity index (χ1v) is 6.62. The molecule has 1 saturated heterocycles. The lowest BCUT2D eigenvalue weighted by molar-refractivity contribution is -0.169. The predicted octanol–water partition coefficient (Wildman–Crippen LogP) is 1.71. The minimum absolute atomic E-state index is 0.528. The van der Waals surface area contributed by atoms with Crippen LogP contribution in [0.3, 0.4) is 0 Å². The molecule has 0 saturated carbocycles. The molecule has 1 aliphatic heterocycles. The highest BCUT2D eigenvalue weighted by Gasteiger charge is 2.43. The van der Waals surface area contributed by atoms with Gasteiger partial charge in [-0.25, -0.2) is 0 Å². The Balaban J connectivity index is 2.30. The first-order chi connectivity index (χ1) is 9.23. The Morgan fingerprint density at radius 2 is 2.21 bits per heavy atom. The van der Waals surface area contributed by atoms with E-state index in [1.54, 1.807) is 25.4 Å². The molecule has 0 bridgehead atoms. The van der Waals surface area contributed by atoms with Gasteiger partial charge in [0.1, 0.15) is 23.1 Å². The lowest BCUT2D eigenvalue weighted by Crippen LogP contribution is -2.45. The highest BCUT2D eigenvalue weighted by atomic mass is 16.5. The fourth-order valence-corrected chi connectivity index (χ4v) is 2.53. The first-order valence-electron chi connectivity index (χ1n) is 6.62. The molecule has 0 aromatic carbocycles. The Morgan fingerprint density at radius 1 is 1.47 bits per heavy atom. The van der Waals surface area contributed by atoms with Crippen LogP contribution in [0.2, 0.25) is 0 Å². The highest BCUT2D eigenvalue weighted by molar-refractivity contribution is 5.30. The molecule has 1 aromatic heterocycles. The van der Waals surface area contributed by atoms with Gasteiger partial charge in [-0.05, 0) is 19.1 Å². The van der Waals surface area contributed by atoms with Crippen LogP contribution in [0.4, 0.5) is 0 Å². The van der Waals surface area contributed by atoms with Crippen molar-refractivity contribution in [3.8, 4) is 5.75 Å². The van der Waals surface area contributed by atoms with Gasteiger partial charge in [0.25, 0.3) is 0 Å². The second kappa shape index (κ2) is 6.32. The first kappa shape index (κ1) is 14.2. The fraction of sp³-hybridized carbons (Fsp3) is 0.643. The second-order valence-electron chi connectivity index (χ2n) is 4.60. The zero-order valence-corrected chi connectivity index (χ0v) is 11.5. The smallest absolute Gasteiger partial charge is 0.143 e. The molecule has 1 aromatic rings. The summed E-state index contributed by atoms with van der Waals surface area (Å²) in [7, 11) is 1.57. The summed E-state index contributed by atoms with van der Waals surface area (Å²) < 4.78 is 16.5. The van der Waals surface area contributed by atoms with Crippen LogP contribution < -0.4 is 4.74 Å². The van der Waals surface area contributed by atoms with Crippen molar-refractivity contribution in [3.05, 3.63) is 24.0 Å². The summed E-state index contributed by atoms with van der Waals surface area (Å²) in [4.78, 5) is 4.26. The summed E-state index contributed by atoms with van der Waals surface area (Å²) >= 11 is 0. The molecule has 5 heteroatoms. The standard InChI is InChI=1S/C14H21NO4/c1-3-19-14(6-9-18-10-7-14)13(16)12-11(17-2)5-4-8-15-12/h4-5,8,13,16H,3,6-7,9-10H2,1-2H3. The molecule has 2 rings (SSSR count). The topological polar surface area (TPSA) is 60.8 Å². The van der Waals surface area contributed by atoms with Crippen molar-refractivity contribution in [2.75, 3.05) is 26.9 Å². The molecule has 1 fully saturated rings. The summed E-state index contributed by atoms with van der Waals surface area (Å²) in [6.07, 6.45) is 2.15. The summed E-state index contributed by atoms with van der Waals surface area (Å²) in [5, 5.41) is 10.7. The van der Waals surface area contributed by atoms with E-state index in [0.717, 1.165) is 0 Å². The van der Waals surface area contributed by atoms with Crippen LogP contribution >= 0.6 is 0 Å². The van der Waals surface area contributed by atoms with Crippen molar-refractivity contribution in [1.82, 2.24) is 4.98 Å². The van der Waals surface area contributed by atoms with Gasteiger partial charge < -0.3 is 19.3 Å². The number of aromatic nitrogens is 1. The van der Waals surface area contributed by atoms with Crippen LogP contribution in [0.1, 0.15) is 31.6 Å². The molecule has 0 amide bonds. The van der Waals surface area contributed by atoms with Crippen LogP contribution in [-0.2, 0) is 9.47 Å². The van der Waals surface area contributed by atoms with Gasteiger partial charge in [0.2, 0.25) is 0 Å². The monoisotopic (exact) mass is 267 g/mol. The van der Waals surface area contributed by atoms with Crippen molar-refractivity contribution in [1.29, 1.82) is 0 Å². The van der Waals surface area contributed by atoms with Gasteiger partial charge in [0.05, 0.1) is 7.11 Å². The Kier molecular flexibility index (Phi) is 4.74. The number of nitrogens with zero attached hydrogens (tertiary/aromatic N) is 1. The van der Waals surface area contributed by atoms with Crippen molar-refractivity contribution >= 4 is 0 Å². The van der Waals surface area contributed by atoms with Crippen LogP contribution in [0.15, 0.2) is 18.3 Å². The molecule has 1 unspecified atom stereocenters. The van der Waals surface area contributed by atoms with E-state index in [1.807, 2.05) is 6.92 Å². The minimum atomic E-state index is -0.813. The average Bonchev–Trinajstić information content (AvgIpc) is 2.47. The molecular weight excluding hydrogens is 246 g/mol. The number of aliphatic hydroxyl groups excluding tert-OH is 1. The number of pyridine rings is 1. The van der Waals surface area contributed by atoms with Gasteiger partial charge in [-0.1, -0.05) is 0 Å². The Bertz CT molecular complexity index is 399. The van der Waals surface area contributed by atoms with Gasteiger partial charge in [-0.3, -0.25) is 4.98 Å². The summed E-state index contributed by atoms with van der Waals surface area (Å²) in [6.45, 7) is 3.66. The van der Waals surface area contributed by atoms with E-state index in [1.165, 1.54) is 0 Å². The molecule has 1 N–H and O–H groups in total. The molecule has 5 nitrogen and oxygen atoms in total. The van der Waals surface area contributed by atoms with E-state index in [-0.39, 0.29) is 0 Å². The summed E-state index contributed by atoms with van der Waals surface area (Å²) in [5.74, 6) is 0.584. The highest BCUT2D eigenvalue weighted by Crippen LogP contribution is 2.39. The molecule has 1 atom stereocenters. The molecule has 1 aliphatic rings. The lowest BCUT2D eigenvalue weighted by atomic mass is 9.85. The molecule has 0 radical (unpaired) electrons. The van der Waals surface area contributed by atoms with Gasteiger partial charge in [0, 0.05) is 38.9 Å².